The van der Waals surface area contributed by atoms with Crippen molar-refractivity contribution < 1.29 is 4.74 Å². The molecule has 0 saturated heterocycles. The Balaban J connectivity index is 1.74. The SMILES string of the molecule is CC(C)CCCCNCc1cccc2c1OCCN2. The van der Waals surface area contributed by atoms with Gasteiger partial charge in [0.15, 0.2) is 0 Å². The predicted octanol–water partition coefficient (Wildman–Crippen LogP) is 3.41. The molecule has 0 saturated carbocycles. The first-order chi connectivity index (χ1) is 9.27. The Hall–Kier alpha value is -1.22. The fraction of sp³-hybridized carbons (Fsp3) is 0.625. The lowest BCUT2D eigenvalue weighted by Crippen LogP contribution is -2.21. The van der Waals surface area contributed by atoms with E-state index in [0.29, 0.717) is 0 Å². The molecule has 0 fully saturated rings. The molecule has 0 unspecified atom stereocenters. The topological polar surface area (TPSA) is 33.3 Å². The second-order valence-electron chi connectivity index (χ2n) is 5.64. The highest BCUT2D eigenvalue weighted by atomic mass is 16.5. The van der Waals surface area contributed by atoms with E-state index < -0.39 is 0 Å². The lowest BCUT2D eigenvalue weighted by molar-refractivity contribution is 0.319. The van der Waals surface area contributed by atoms with Crippen LogP contribution in [0.25, 0.3) is 0 Å². The predicted molar refractivity (Wildman–Crippen MR) is 80.8 cm³/mol. The molecule has 2 N–H and O–H groups in total. The zero-order chi connectivity index (χ0) is 13.5. The maximum absolute atomic E-state index is 5.76. The first-order valence-electron chi connectivity index (χ1n) is 7.46. The van der Waals surface area contributed by atoms with Gasteiger partial charge in [-0.05, 0) is 24.9 Å². The summed E-state index contributed by atoms with van der Waals surface area (Å²) >= 11 is 0. The van der Waals surface area contributed by atoms with E-state index in [9.17, 15) is 0 Å². The molecule has 0 aromatic heterocycles. The summed E-state index contributed by atoms with van der Waals surface area (Å²) in [5.74, 6) is 1.85. The first-order valence-corrected chi connectivity index (χ1v) is 7.46. The lowest BCUT2D eigenvalue weighted by Gasteiger charge is -2.22. The molecule has 1 aromatic carbocycles. The maximum Gasteiger partial charge on any atom is 0.146 e. The van der Waals surface area contributed by atoms with E-state index in [1.54, 1.807) is 0 Å². The summed E-state index contributed by atoms with van der Waals surface area (Å²) in [7, 11) is 0. The van der Waals surface area contributed by atoms with E-state index in [0.717, 1.165) is 43.6 Å². The van der Waals surface area contributed by atoms with Gasteiger partial charge >= 0.3 is 0 Å². The van der Waals surface area contributed by atoms with Crippen molar-refractivity contribution in [1.82, 2.24) is 5.32 Å². The van der Waals surface area contributed by atoms with E-state index in [-0.39, 0.29) is 0 Å². The molecule has 0 aliphatic carbocycles. The van der Waals surface area contributed by atoms with Crippen LogP contribution in [0.3, 0.4) is 0 Å². The van der Waals surface area contributed by atoms with Crippen LogP contribution in [0, 0.1) is 5.92 Å². The Kier molecular flexibility index (Phi) is 5.52. The van der Waals surface area contributed by atoms with Gasteiger partial charge in [-0.2, -0.15) is 0 Å². The molecular formula is C16H26N2O. The van der Waals surface area contributed by atoms with E-state index in [1.807, 2.05) is 0 Å². The van der Waals surface area contributed by atoms with Crippen molar-refractivity contribution in [2.24, 2.45) is 5.92 Å². The number of ether oxygens (including phenoxy) is 1. The minimum atomic E-state index is 0.762. The lowest BCUT2D eigenvalue weighted by atomic mass is 10.1. The molecule has 1 aromatic rings. The summed E-state index contributed by atoms with van der Waals surface area (Å²) in [6, 6.07) is 6.32. The van der Waals surface area contributed by atoms with Crippen LogP contribution in [0.5, 0.6) is 5.75 Å². The zero-order valence-corrected chi connectivity index (χ0v) is 12.2. The fourth-order valence-corrected chi connectivity index (χ4v) is 2.40. The van der Waals surface area contributed by atoms with Crippen molar-refractivity contribution in [3.05, 3.63) is 23.8 Å². The van der Waals surface area contributed by atoms with Crippen molar-refractivity contribution in [3.63, 3.8) is 0 Å². The van der Waals surface area contributed by atoms with Gasteiger partial charge in [-0.3, -0.25) is 0 Å². The standard InChI is InChI=1S/C16H26N2O/c1-13(2)6-3-4-9-17-12-14-7-5-8-15-16(14)19-11-10-18-15/h5,7-8,13,17-18H,3-4,6,9-12H2,1-2H3. The third-order valence-electron chi connectivity index (χ3n) is 3.46. The molecule has 0 atom stereocenters. The molecule has 0 spiro atoms. The Bertz CT molecular complexity index is 390. The second kappa shape index (κ2) is 7.39. The molecular weight excluding hydrogens is 236 g/mol. The fourth-order valence-electron chi connectivity index (χ4n) is 2.40. The summed E-state index contributed by atoms with van der Waals surface area (Å²) in [5, 5.41) is 6.89. The zero-order valence-electron chi connectivity index (χ0n) is 12.2. The van der Waals surface area contributed by atoms with Crippen molar-refractivity contribution in [2.45, 2.75) is 39.7 Å². The number of benzene rings is 1. The van der Waals surface area contributed by atoms with Gasteiger partial charge in [0.25, 0.3) is 0 Å². The van der Waals surface area contributed by atoms with Gasteiger partial charge < -0.3 is 15.4 Å². The van der Waals surface area contributed by atoms with E-state index in [2.05, 4.69) is 42.7 Å². The summed E-state index contributed by atoms with van der Waals surface area (Å²) in [5.41, 5.74) is 2.39. The Morgan fingerprint density at radius 2 is 2.21 bits per heavy atom. The van der Waals surface area contributed by atoms with Crippen LogP contribution in [-0.4, -0.2) is 19.7 Å². The van der Waals surface area contributed by atoms with Crippen LogP contribution in [0.2, 0.25) is 0 Å². The highest BCUT2D eigenvalue weighted by Crippen LogP contribution is 2.30. The van der Waals surface area contributed by atoms with Crippen LogP contribution in [-0.2, 0) is 6.54 Å². The Morgan fingerprint density at radius 3 is 3.05 bits per heavy atom. The average Bonchev–Trinajstić information content (AvgIpc) is 2.42. The van der Waals surface area contributed by atoms with Crippen LogP contribution in [0.15, 0.2) is 18.2 Å². The molecule has 19 heavy (non-hydrogen) atoms. The Labute approximate surface area is 116 Å². The van der Waals surface area contributed by atoms with Gasteiger partial charge in [-0.1, -0.05) is 38.8 Å². The molecule has 2 rings (SSSR count). The largest absolute Gasteiger partial charge is 0.489 e. The number of fused-ring (bicyclic) bond motifs is 1. The number of anilines is 1. The number of rotatable bonds is 7. The van der Waals surface area contributed by atoms with Crippen molar-refractivity contribution >= 4 is 5.69 Å². The van der Waals surface area contributed by atoms with Gasteiger partial charge in [0.1, 0.15) is 12.4 Å². The highest BCUT2D eigenvalue weighted by molar-refractivity contribution is 5.61. The summed E-state index contributed by atoms with van der Waals surface area (Å²) in [6.07, 6.45) is 3.90. The molecule has 0 bridgehead atoms. The molecule has 0 radical (unpaired) electrons. The quantitative estimate of drug-likeness (QED) is 0.739. The first kappa shape index (κ1) is 14.2. The van der Waals surface area contributed by atoms with E-state index in [4.69, 9.17) is 4.74 Å². The number of para-hydroxylation sites is 1. The van der Waals surface area contributed by atoms with Crippen molar-refractivity contribution in [1.29, 1.82) is 0 Å². The number of unbranched alkanes of at least 4 members (excludes halogenated alkanes) is 1. The molecule has 106 valence electrons. The van der Waals surface area contributed by atoms with Crippen molar-refractivity contribution in [3.8, 4) is 5.75 Å². The van der Waals surface area contributed by atoms with Crippen LogP contribution in [0.1, 0.15) is 38.7 Å². The summed E-state index contributed by atoms with van der Waals surface area (Å²) in [6.45, 7) is 8.22. The van der Waals surface area contributed by atoms with E-state index >= 15 is 0 Å². The van der Waals surface area contributed by atoms with Crippen LogP contribution >= 0.6 is 0 Å². The Morgan fingerprint density at radius 1 is 1.32 bits per heavy atom. The smallest absolute Gasteiger partial charge is 0.146 e. The van der Waals surface area contributed by atoms with Crippen LogP contribution in [0.4, 0.5) is 5.69 Å². The molecule has 3 heteroatoms. The van der Waals surface area contributed by atoms with E-state index in [1.165, 1.54) is 24.8 Å². The van der Waals surface area contributed by atoms with Gasteiger partial charge in [0, 0.05) is 18.7 Å². The van der Waals surface area contributed by atoms with Gasteiger partial charge in [-0.25, -0.2) is 0 Å². The summed E-state index contributed by atoms with van der Waals surface area (Å²) in [4.78, 5) is 0. The molecule has 1 aliphatic heterocycles. The summed E-state index contributed by atoms with van der Waals surface area (Å²) < 4.78 is 5.76. The van der Waals surface area contributed by atoms with Crippen molar-refractivity contribution in [2.75, 3.05) is 25.0 Å². The third kappa shape index (κ3) is 4.43. The van der Waals surface area contributed by atoms with Crippen LogP contribution < -0.4 is 15.4 Å². The van der Waals surface area contributed by atoms with Gasteiger partial charge in [0.2, 0.25) is 0 Å². The highest BCUT2D eigenvalue weighted by Gasteiger charge is 2.12. The minimum Gasteiger partial charge on any atom is -0.489 e. The van der Waals surface area contributed by atoms with Gasteiger partial charge in [0.05, 0.1) is 5.69 Å². The number of nitrogens with one attached hydrogen (secondary N) is 2. The minimum absolute atomic E-state index is 0.762. The molecule has 1 aliphatic rings. The maximum atomic E-state index is 5.76. The number of hydrogen-bond acceptors (Lipinski definition) is 3. The molecule has 1 heterocycles. The average molecular weight is 262 g/mol. The third-order valence-corrected chi connectivity index (χ3v) is 3.46. The molecule has 0 amide bonds. The monoisotopic (exact) mass is 262 g/mol. The second-order valence-corrected chi connectivity index (χ2v) is 5.64. The molecule has 3 nitrogen and oxygen atoms in total. The number of hydrogen-bond donors (Lipinski definition) is 2. The normalized spacial score (nSPS) is 13.8. The van der Waals surface area contributed by atoms with Gasteiger partial charge in [-0.15, -0.1) is 0 Å².